The van der Waals surface area contributed by atoms with Gasteiger partial charge >= 0.3 is 0 Å². The number of carbonyl (C=O) groups excluding carboxylic acids is 2. The summed E-state index contributed by atoms with van der Waals surface area (Å²) in [6.45, 7) is 2.50. The number of hydrogen-bond donors (Lipinski definition) is 2. The van der Waals surface area contributed by atoms with Crippen molar-refractivity contribution in [1.29, 1.82) is 0 Å². The fourth-order valence-corrected chi connectivity index (χ4v) is 5.07. The third kappa shape index (κ3) is 5.92. The van der Waals surface area contributed by atoms with E-state index in [9.17, 15) is 9.59 Å². The van der Waals surface area contributed by atoms with Crippen molar-refractivity contribution in [2.75, 3.05) is 16.8 Å². The summed E-state index contributed by atoms with van der Waals surface area (Å²) in [5, 5.41) is 8.21. The molecule has 0 saturated heterocycles. The monoisotopic (exact) mass is 543 g/mol. The summed E-state index contributed by atoms with van der Waals surface area (Å²) in [6, 6.07) is 40.4. The number of nitrogens with zero attached hydrogens (tertiary/aromatic N) is 1. The Hall–Kier alpha value is -4.81. The molecule has 0 bridgehead atoms. The summed E-state index contributed by atoms with van der Waals surface area (Å²) >= 11 is 5.47. The van der Waals surface area contributed by atoms with Crippen LogP contribution in [0.3, 0.4) is 0 Å². The second kappa shape index (κ2) is 12.4. The minimum Gasteiger partial charge on any atom is -0.332 e. The molecule has 40 heavy (non-hydrogen) atoms. The molecule has 2 amide bonds. The molecule has 0 aliphatic carbocycles. The first-order valence-corrected chi connectivity index (χ1v) is 13.6. The molecule has 0 saturated carbocycles. The Balaban J connectivity index is 1.28. The Kier molecular flexibility index (Phi) is 8.28. The van der Waals surface area contributed by atoms with Crippen molar-refractivity contribution in [1.82, 2.24) is 5.32 Å². The second-order valence-electron chi connectivity index (χ2n) is 9.32. The summed E-state index contributed by atoms with van der Waals surface area (Å²) < 4.78 is 0. The Labute approximate surface area is 239 Å². The average Bonchev–Trinajstić information content (AvgIpc) is 2.99. The largest absolute Gasteiger partial charge is 0.332 e. The van der Waals surface area contributed by atoms with Crippen molar-refractivity contribution in [3.8, 4) is 0 Å². The Morgan fingerprint density at radius 2 is 1.30 bits per heavy atom. The first kappa shape index (κ1) is 26.8. The van der Waals surface area contributed by atoms with E-state index >= 15 is 0 Å². The lowest BCUT2D eigenvalue weighted by molar-refractivity contribution is -0.120. The van der Waals surface area contributed by atoms with Crippen LogP contribution >= 0.6 is 12.2 Å². The van der Waals surface area contributed by atoms with Gasteiger partial charge in [-0.1, -0.05) is 97.1 Å². The van der Waals surface area contributed by atoms with E-state index in [4.69, 9.17) is 12.2 Å². The van der Waals surface area contributed by atoms with Crippen molar-refractivity contribution in [2.45, 2.75) is 12.8 Å². The maximum absolute atomic E-state index is 13.5. The molecule has 0 radical (unpaired) electrons. The van der Waals surface area contributed by atoms with E-state index in [0.717, 1.165) is 27.6 Å². The van der Waals surface area contributed by atoms with Crippen molar-refractivity contribution in [2.24, 2.45) is 0 Å². The van der Waals surface area contributed by atoms with E-state index in [-0.39, 0.29) is 16.9 Å². The average molecular weight is 544 g/mol. The summed E-state index contributed by atoms with van der Waals surface area (Å²) in [7, 11) is 0. The number of benzene rings is 5. The van der Waals surface area contributed by atoms with Crippen molar-refractivity contribution in [3.05, 3.63) is 144 Å². The third-order valence-corrected chi connectivity index (χ3v) is 6.98. The molecule has 0 atom stereocenters. The molecule has 5 nitrogen and oxygen atoms in total. The molecule has 5 rings (SSSR count). The van der Waals surface area contributed by atoms with Crippen LogP contribution in [0.4, 0.5) is 11.4 Å². The van der Waals surface area contributed by atoms with Crippen molar-refractivity contribution >= 4 is 51.3 Å². The highest BCUT2D eigenvalue weighted by atomic mass is 32.1. The van der Waals surface area contributed by atoms with Crippen molar-refractivity contribution in [3.63, 3.8) is 0 Å². The minimum absolute atomic E-state index is 0.0881. The molecule has 2 N–H and O–H groups in total. The topological polar surface area (TPSA) is 61.4 Å². The summed E-state index contributed by atoms with van der Waals surface area (Å²) in [4.78, 5) is 28.6. The van der Waals surface area contributed by atoms with E-state index < -0.39 is 5.92 Å². The fraction of sp³-hybridized carbons (Fsp3) is 0.0882. The molecular formula is C34H29N3O2S. The molecule has 0 heterocycles. The SMILES string of the molecule is CCN(C(=O)c1ccc(NC(=S)NC(=O)C(c2ccccc2)c2ccccc2)cc1)c1cccc2ccccc12. The van der Waals surface area contributed by atoms with E-state index in [1.165, 1.54) is 0 Å². The molecule has 0 aliphatic heterocycles. The zero-order valence-electron chi connectivity index (χ0n) is 22.1. The smallest absolute Gasteiger partial charge is 0.258 e. The quantitative estimate of drug-likeness (QED) is 0.214. The standard InChI is InChI=1S/C34H29N3O2S/c1-2-37(30-19-11-17-24-12-9-10-18-29(24)30)33(39)27-20-22-28(23-21-27)35-34(40)36-32(38)31(25-13-5-3-6-14-25)26-15-7-4-8-16-26/h3-23,31H,2H2,1H3,(H2,35,36,38,40). The lowest BCUT2D eigenvalue weighted by atomic mass is 9.90. The lowest BCUT2D eigenvalue weighted by Gasteiger charge is -2.23. The van der Waals surface area contributed by atoms with Crippen LogP contribution in [0.1, 0.15) is 34.3 Å². The lowest BCUT2D eigenvalue weighted by Crippen LogP contribution is -2.37. The molecule has 0 spiro atoms. The first-order valence-electron chi connectivity index (χ1n) is 13.2. The van der Waals surface area contributed by atoms with Gasteiger partial charge in [0.25, 0.3) is 5.91 Å². The van der Waals surface area contributed by atoms with Gasteiger partial charge in [-0.25, -0.2) is 0 Å². The summed E-state index contributed by atoms with van der Waals surface area (Å²) in [5.41, 5.74) is 3.87. The van der Waals surface area contributed by atoms with Gasteiger partial charge < -0.3 is 15.5 Å². The molecule has 6 heteroatoms. The van der Waals surface area contributed by atoms with E-state index in [1.54, 1.807) is 29.2 Å². The zero-order chi connectivity index (χ0) is 27.9. The summed E-state index contributed by atoms with van der Waals surface area (Å²) in [5.74, 6) is -0.818. The van der Waals surface area contributed by atoms with Crippen molar-refractivity contribution < 1.29 is 9.59 Å². The number of carbonyl (C=O) groups is 2. The fourth-order valence-electron chi connectivity index (χ4n) is 4.85. The highest BCUT2D eigenvalue weighted by molar-refractivity contribution is 7.80. The molecule has 0 unspecified atom stereocenters. The molecule has 5 aromatic carbocycles. The number of hydrogen-bond acceptors (Lipinski definition) is 3. The van der Waals surface area contributed by atoms with Gasteiger partial charge in [-0.3, -0.25) is 9.59 Å². The van der Waals surface area contributed by atoms with Crippen LogP contribution in [-0.4, -0.2) is 23.5 Å². The molecule has 5 aromatic rings. The van der Waals surface area contributed by atoms with Crippen LogP contribution in [0, 0.1) is 0 Å². The van der Waals surface area contributed by atoms with Gasteiger partial charge in [0.15, 0.2) is 5.11 Å². The number of amides is 2. The number of anilines is 2. The van der Waals surface area contributed by atoms with Crippen LogP contribution in [0.2, 0.25) is 0 Å². The predicted octanol–water partition coefficient (Wildman–Crippen LogP) is 7.15. The normalized spacial score (nSPS) is 10.8. The Morgan fingerprint density at radius 3 is 1.93 bits per heavy atom. The van der Waals surface area contributed by atoms with Gasteiger partial charge in [0.05, 0.1) is 11.6 Å². The van der Waals surface area contributed by atoms with Crippen LogP contribution < -0.4 is 15.5 Å². The predicted molar refractivity (Wildman–Crippen MR) is 167 cm³/mol. The van der Waals surface area contributed by atoms with Gasteiger partial charge in [0.2, 0.25) is 5.91 Å². The number of nitrogens with one attached hydrogen (secondary N) is 2. The van der Waals surface area contributed by atoms with Crippen LogP contribution in [0.5, 0.6) is 0 Å². The molecular weight excluding hydrogens is 514 g/mol. The van der Waals surface area contributed by atoms with E-state index in [2.05, 4.69) is 10.6 Å². The highest BCUT2D eigenvalue weighted by Crippen LogP contribution is 2.28. The minimum atomic E-state index is -0.503. The van der Waals surface area contributed by atoms with Gasteiger partial charge in [-0.15, -0.1) is 0 Å². The second-order valence-corrected chi connectivity index (χ2v) is 9.73. The van der Waals surface area contributed by atoms with E-state index in [1.807, 2.05) is 110 Å². The Bertz CT molecular complexity index is 1590. The number of fused-ring (bicyclic) bond motifs is 1. The van der Waals surface area contributed by atoms with Gasteiger partial charge in [0, 0.05) is 23.2 Å². The van der Waals surface area contributed by atoms with Crippen LogP contribution in [0.25, 0.3) is 10.8 Å². The molecule has 0 aliphatic rings. The summed E-state index contributed by atoms with van der Waals surface area (Å²) in [6.07, 6.45) is 0. The maximum atomic E-state index is 13.5. The van der Waals surface area contributed by atoms with Gasteiger partial charge in [-0.2, -0.15) is 0 Å². The van der Waals surface area contributed by atoms with E-state index in [0.29, 0.717) is 17.8 Å². The molecule has 198 valence electrons. The number of thiocarbonyl (C=S) groups is 1. The number of rotatable bonds is 7. The van der Waals surface area contributed by atoms with Crippen LogP contribution in [0.15, 0.2) is 127 Å². The zero-order valence-corrected chi connectivity index (χ0v) is 22.9. The highest BCUT2D eigenvalue weighted by Gasteiger charge is 2.23. The van der Waals surface area contributed by atoms with Crippen LogP contribution in [-0.2, 0) is 4.79 Å². The molecule has 0 fully saturated rings. The molecule has 0 aromatic heterocycles. The van der Waals surface area contributed by atoms with Gasteiger partial charge in [0.1, 0.15) is 0 Å². The Morgan fingerprint density at radius 1 is 0.725 bits per heavy atom. The third-order valence-electron chi connectivity index (χ3n) is 6.77. The van der Waals surface area contributed by atoms with Gasteiger partial charge in [-0.05, 0) is 66.0 Å². The maximum Gasteiger partial charge on any atom is 0.258 e. The first-order chi connectivity index (χ1) is 19.5.